The van der Waals surface area contributed by atoms with Crippen LogP contribution in [0.4, 0.5) is 0 Å². The van der Waals surface area contributed by atoms with Crippen LogP contribution in [-0.2, 0) is 21.3 Å². The molecule has 0 aromatic heterocycles. The third kappa shape index (κ3) is 10.7. The Bertz CT molecular complexity index is 431. The fourth-order valence-corrected chi connectivity index (χ4v) is 8.91. The van der Waals surface area contributed by atoms with Crippen molar-refractivity contribution in [3.8, 4) is 0 Å². The Labute approximate surface area is 188 Å². The first kappa shape index (κ1) is 25.3. The van der Waals surface area contributed by atoms with Crippen LogP contribution in [0.2, 0.25) is 19.3 Å². The van der Waals surface area contributed by atoms with Crippen LogP contribution in [0.15, 0.2) is 12.1 Å². The third-order valence-electron chi connectivity index (χ3n) is 3.81. The van der Waals surface area contributed by atoms with Crippen LogP contribution in [0.25, 0.3) is 0 Å². The number of rotatable bonds is 12. The van der Waals surface area contributed by atoms with Gasteiger partial charge >= 0.3 is 190 Å². The summed E-state index contributed by atoms with van der Waals surface area (Å²) in [6.07, 6.45) is 0. The monoisotopic (exact) mass is 622 g/mol. The summed E-state index contributed by atoms with van der Waals surface area (Å²) in [5, 5.41) is 5.35. The van der Waals surface area contributed by atoms with Gasteiger partial charge in [-0.1, -0.05) is 0 Å². The molecule has 0 N–H and O–H groups in total. The van der Waals surface area contributed by atoms with Gasteiger partial charge < -0.3 is 0 Å². The molecule has 1 aromatic carbocycles. The summed E-state index contributed by atoms with van der Waals surface area (Å²) in [6.45, 7) is 19.1. The molecule has 0 atom stereocenters. The summed E-state index contributed by atoms with van der Waals surface area (Å²) >= 11 is 2.96. The molecular weight excluding hydrogens is 580 g/mol. The average molecular weight is 618 g/mol. The van der Waals surface area contributed by atoms with Crippen LogP contribution >= 0.6 is 0 Å². The second-order valence-corrected chi connectivity index (χ2v) is 21.0. The van der Waals surface area contributed by atoms with E-state index in [2.05, 4.69) is 67.5 Å². The van der Waals surface area contributed by atoms with Crippen LogP contribution in [0, 0.1) is 0 Å². The van der Waals surface area contributed by atoms with E-state index in [0.717, 1.165) is 79.1 Å². The molecule has 0 nitrogen and oxygen atoms in total. The molecule has 0 unspecified atom stereocenters. The Balaban J connectivity index is 3.14. The van der Waals surface area contributed by atoms with Crippen molar-refractivity contribution in [1.82, 2.24) is 0 Å². The van der Waals surface area contributed by atoms with E-state index >= 15 is 0 Å². The maximum absolute atomic E-state index is 2.66. The molecule has 0 saturated heterocycles. The zero-order valence-electron chi connectivity index (χ0n) is 17.9. The maximum atomic E-state index is 2.66. The van der Waals surface area contributed by atoms with E-state index < -0.39 is 0 Å². The molecule has 0 radical (unpaired) electrons. The third-order valence-corrected chi connectivity index (χ3v) is 13.4. The van der Waals surface area contributed by atoms with Gasteiger partial charge in [-0.05, 0) is 0 Å². The first-order chi connectivity index (χ1) is 12.2. The van der Waals surface area contributed by atoms with Crippen LogP contribution in [0.5, 0.6) is 0 Å². The quantitative estimate of drug-likeness (QED) is 0.260. The molecule has 150 valence electrons. The molecule has 26 heavy (non-hydrogen) atoms. The normalized spacial score (nSPS) is 12.2. The Morgan fingerprint density at radius 2 is 0.654 bits per heavy atom. The summed E-state index contributed by atoms with van der Waals surface area (Å²) < 4.78 is 0. The summed E-state index contributed by atoms with van der Waals surface area (Å²) in [4.78, 5) is 3.44. The Morgan fingerprint density at radius 3 is 0.808 bits per heavy atom. The summed E-state index contributed by atoms with van der Waals surface area (Å²) in [7, 11) is 0. The van der Waals surface area contributed by atoms with E-state index in [0.29, 0.717) is 0 Å². The molecule has 0 spiro atoms. The van der Waals surface area contributed by atoms with Gasteiger partial charge in [0.25, 0.3) is 0 Å². The van der Waals surface area contributed by atoms with Crippen molar-refractivity contribution in [2.75, 3.05) is 0 Å². The van der Waals surface area contributed by atoms with Gasteiger partial charge in [0.1, 0.15) is 0 Å². The molecule has 0 heterocycles. The van der Waals surface area contributed by atoms with E-state index in [4.69, 9.17) is 0 Å². The Hall–Kier alpha value is 1.30. The van der Waals surface area contributed by atoms with Gasteiger partial charge in [0.15, 0.2) is 0 Å². The fraction of sp³-hybridized carbons (Fsp3) is 0.727. The van der Waals surface area contributed by atoms with Crippen molar-refractivity contribution in [3.05, 3.63) is 34.4 Å². The number of hydrogen-bond acceptors (Lipinski definition) is 0. The molecule has 1 rings (SSSR count). The predicted molar refractivity (Wildman–Crippen MR) is 125 cm³/mol. The van der Waals surface area contributed by atoms with Crippen molar-refractivity contribution in [2.24, 2.45) is 0 Å². The Morgan fingerprint density at radius 1 is 0.462 bits per heavy atom. The summed E-state index contributed by atoms with van der Waals surface area (Å²) in [5.74, 6) is 0. The van der Waals surface area contributed by atoms with E-state index in [9.17, 15) is 0 Å². The molecule has 0 aliphatic heterocycles. The van der Waals surface area contributed by atoms with Gasteiger partial charge in [-0.25, -0.2) is 0 Å². The minimum atomic E-state index is 0.740. The standard InChI is InChI=1S/C22H38Se4/c1-15(2)23-11-19-9-21(13-25-17(5)6)22(14-26-18(7)8)10-20(19)12-24-16(3)4/h9-10,15-18H,11-14H2,1-8H3. The van der Waals surface area contributed by atoms with Gasteiger partial charge in [0.05, 0.1) is 0 Å². The predicted octanol–water partition coefficient (Wildman–Crippen LogP) is 5.82. The van der Waals surface area contributed by atoms with Crippen molar-refractivity contribution in [3.63, 3.8) is 0 Å². The average Bonchev–Trinajstić information content (AvgIpc) is 2.54. The first-order valence-corrected chi connectivity index (χ1v) is 18.6. The number of hydrogen-bond donors (Lipinski definition) is 0. The van der Waals surface area contributed by atoms with Gasteiger partial charge in [0, 0.05) is 0 Å². The fourth-order valence-electron chi connectivity index (χ4n) is 2.35. The molecule has 1 aromatic rings. The Kier molecular flexibility index (Phi) is 13.2. The van der Waals surface area contributed by atoms with E-state index in [1.165, 1.54) is 21.3 Å². The van der Waals surface area contributed by atoms with Crippen molar-refractivity contribution >= 4 is 59.8 Å². The molecule has 0 saturated carbocycles. The molecular formula is C22H38Se4. The van der Waals surface area contributed by atoms with E-state index in [-0.39, 0.29) is 0 Å². The second-order valence-electron chi connectivity index (χ2n) is 7.83. The second kappa shape index (κ2) is 13.5. The van der Waals surface area contributed by atoms with Crippen molar-refractivity contribution in [1.29, 1.82) is 0 Å². The van der Waals surface area contributed by atoms with E-state index in [1.54, 1.807) is 22.3 Å². The van der Waals surface area contributed by atoms with Crippen molar-refractivity contribution in [2.45, 2.75) is 95.9 Å². The van der Waals surface area contributed by atoms with Crippen LogP contribution in [-0.4, -0.2) is 59.8 Å². The molecule has 0 aliphatic carbocycles. The van der Waals surface area contributed by atoms with Gasteiger partial charge in [-0.15, -0.1) is 0 Å². The van der Waals surface area contributed by atoms with Gasteiger partial charge in [0.2, 0.25) is 0 Å². The summed E-state index contributed by atoms with van der Waals surface area (Å²) in [6, 6.07) is 5.32. The SMILES string of the molecule is CC(C)[Se]Cc1cc(C[Se]C(C)C)c(C[Se]C(C)C)cc1C[Se]C(C)C. The minimum absolute atomic E-state index is 0.740. The molecule has 0 bridgehead atoms. The summed E-state index contributed by atoms with van der Waals surface area (Å²) in [5.41, 5.74) is 6.82. The van der Waals surface area contributed by atoms with Crippen LogP contribution < -0.4 is 0 Å². The molecule has 4 heteroatoms. The molecule has 0 amide bonds. The van der Waals surface area contributed by atoms with Crippen molar-refractivity contribution < 1.29 is 0 Å². The molecule has 0 aliphatic rings. The van der Waals surface area contributed by atoms with Crippen LogP contribution in [0.3, 0.4) is 0 Å². The molecule has 0 fully saturated rings. The van der Waals surface area contributed by atoms with Crippen LogP contribution in [0.1, 0.15) is 77.6 Å². The zero-order valence-corrected chi connectivity index (χ0v) is 24.8. The first-order valence-electron chi connectivity index (χ1n) is 9.79. The van der Waals surface area contributed by atoms with Gasteiger partial charge in [-0.2, -0.15) is 0 Å². The zero-order chi connectivity index (χ0) is 19.7. The number of benzene rings is 1. The van der Waals surface area contributed by atoms with E-state index in [1.807, 2.05) is 0 Å². The van der Waals surface area contributed by atoms with Gasteiger partial charge in [-0.3, -0.25) is 0 Å². The topological polar surface area (TPSA) is 0 Å².